The molecule has 6 nitrogen and oxygen atoms in total. The number of benzene rings is 1. The summed E-state index contributed by atoms with van der Waals surface area (Å²) in [5, 5.41) is 9.85. The van der Waals surface area contributed by atoms with Crippen LogP contribution >= 0.6 is 23.1 Å². The zero-order chi connectivity index (χ0) is 16.5. The molecular formula is C15H9FN4O2S2. The van der Waals surface area contributed by atoms with Gasteiger partial charge in [0.1, 0.15) is 5.82 Å². The van der Waals surface area contributed by atoms with Crippen molar-refractivity contribution >= 4 is 28.1 Å². The first-order valence-electron chi connectivity index (χ1n) is 6.88. The van der Waals surface area contributed by atoms with E-state index in [0.29, 0.717) is 21.6 Å². The van der Waals surface area contributed by atoms with Gasteiger partial charge >= 0.3 is 0 Å². The number of nitrogens with zero attached hydrogens (tertiary/aromatic N) is 4. The topological polar surface area (TPSA) is 73.3 Å². The quantitative estimate of drug-likeness (QED) is 0.520. The fraction of sp³-hybridized carbons (Fsp3) is 0.0667. The summed E-state index contributed by atoms with van der Waals surface area (Å²) < 4.78 is 20.7. The Balaban J connectivity index is 1.54. The van der Waals surface area contributed by atoms with Gasteiger partial charge in [-0.2, -0.15) is 0 Å². The van der Waals surface area contributed by atoms with Crippen molar-refractivity contribution in [2.45, 2.75) is 11.0 Å². The van der Waals surface area contributed by atoms with E-state index in [1.54, 1.807) is 29.8 Å². The fourth-order valence-electron chi connectivity index (χ4n) is 2.11. The first kappa shape index (κ1) is 15.0. The number of hydrogen-bond donors (Lipinski definition) is 0. The minimum Gasteiger partial charge on any atom is -0.411 e. The Hall–Kier alpha value is -2.52. The number of rotatable bonds is 4. The Morgan fingerprint density at radius 3 is 3.04 bits per heavy atom. The Morgan fingerprint density at radius 2 is 2.17 bits per heavy atom. The summed E-state index contributed by atoms with van der Waals surface area (Å²) in [6.45, 7) is 0. The SMILES string of the molecule is O=c1cc(CSc2nnc(-c3ccccc3F)o2)nc2sccn12. The molecule has 0 aliphatic carbocycles. The number of thioether (sulfide) groups is 1. The zero-order valence-corrected chi connectivity index (χ0v) is 13.7. The summed E-state index contributed by atoms with van der Waals surface area (Å²) in [5.41, 5.74) is 0.751. The van der Waals surface area contributed by atoms with Gasteiger partial charge in [-0.25, -0.2) is 9.37 Å². The van der Waals surface area contributed by atoms with Gasteiger partial charge in [0.05, 0.1) is 11.3 Å². The Bertz CT molecular complexity index is 1070. The van der Waals surface area contributed by atoms with Crippen LogP contribution in [0.2, 0.25) is 0 Å². The Labute approximate surface area is 143 Å². The van der Waals surface area contributed by atoms with E-state index < -0.39 is 5.82 Å². The molecule has 0 aliphatic heterocycles. The third-order valence-corrected chi connectivity index (χ3v) is 4.82. The molecule has 3 aromatic heterocycles. The maximum atomic E-state index is 13.7. The molecule has 0 amide bonds. The van der Waals surface area contributed by atoms with Gasteiger partial charge in [0.15, 0.2) is 4.96 Å². The van der Waals surface area contributed by atoms with E-state index in [4.69, 9.17) is 4.42 Å². The average Bonchev–Trinajstić information content (AvgIpc) is 3.22. The van der Waals surface area contributed by atoms with E-state index >= 15 is 0 Å². The second-order valence-corrected chi connectivity index (χ2v) is 6.58. The van der Waals surface area contributed by atoms with Crippen LogP contribution in [0.3, 0.4) is 0 Å². The molecule has 4 rings (SSSR count). The predicted molar refractivity (Wildman–Crippen MR) is 88.6 cm³/mol. The molecule has 0 fully saturated rings. The van der Waals surface area contributed by atoms with E-state index in [-0.39, 0.29) is 17.0 Å². The maximum Gasteiger partial charge on any atom is 0.277 e. The van der Waals surface area contributed by atoms with E-state index in [9.17, 15) is 9.18 Å². The molecule has 9 heteroatoms. The van der Waals surface area contributed by atoms with Crippen LogP contribution in [0.1, 0.15) is 5.69 Å². The molecule has 0 atom stereocenters. The van der Waals surface area contributed by atoms with Gasteiger partial charge in [-0.3, -0.25) is 9.20 Å². The summed E-state index contributed by atoms with van der Waals surface area (Å²) in [6, 6.07) is 7.67. The minimum atomic E-state index is -0.421. The van der Waals surface area contributed by atoms with Crippen LogP contribution in [-0.4, -0.2) is 19.6 Å². The molecular weight excluding hydrogens is 351 g/mol. The van der Waals surface area contributed by atoms with Crippen molar-refractivity contribution in [2.24, 2.45) is 0 Å². The van der Waals surface area contributed by atoms with E-state index in [1.165, 1.54) is 39.6 Å². The van der Waals surface area contributed by atoms with Crippen LogP contribution in [0.4, 0.5) is 4.39 Å². The van der Waals surface area contributed by atoms with Crippen LogP contribution in [0.15, 0.2) is 56.3 Å². The smallest absolute Gasteiger partial charge is 0.277 e. The fourth-order valence-corrected chi connectivity index (χ4v) is 3.50. The van der Waals surface area contributed by atoms with Crippen molar-refractivity contribution in [3.05, 3.63) is 63.8 Å². The normalized spacial score (nSPS) is 11.2. The summed E-state index contributed by atoms with van der Waals surface area (Å²) in [5.74, 6) is 0.107. The number of fused-ring (bicyclic) bond motifs is 1. The zero-order valence-electron chi connectivity index (χ0n) is 12.0. The van der Waals surface area contributed by atoms with E-state index in [0.717, 1.165) is 0 Å². The molecule has 0 N–H and O–H groups in total. The van der Waals surface area contributed by atoms with Gasteiger partial charge in [-0.05, 0) is 12.1 Å². The minimum absolute atomic E-state index is 0.123. The van der Waals surface area contributed by atoms with Gasteiger partial charge in [0.25, 0.3) is 16.7 Å². The molecule has 0 unspecified atom stereocenters. The van der Waals surface area contributed by atoms with Crippen LogP contribution in [0.25, 0.3) is 16.4 Å². The second-order valence-electron chi connectivity index (χ2n) is 4.78. The average molecular weight is 360 g/mol. The molecule has 24 heavy (non-hydrogen) atoms. The largest absolute Gasteiger partial charge is 0.411 e. The lowest BCUT2D eigenvalue weighted by atomic mass is 10.2. The number of aromatic nitrogens is 4. The van der Waals surface area contributed by atoms with Crippen LogP contribution in [0.5, 0.6) is 0 Å². The second kappa shape index (κ2) is 6.17. The van der Waals surface area contributed by atoms with Gasteiger partial charge < -0.3 is 4.42 Å². The molecule has 0 bridgehead atoms. The van der Waals surface area contributed by atoms with Crippen molar-refractivity contribution in [2.75, 3.05) is 0 Å². The summed E-state index contributed by atoms with van der Waals surface area (Å²) in [6.07, 6.45) is 1.69. The molecule has 0 spiro atoms. The first-order valence-corrected chi connectivity index (χ1v) is 8.74. The first-order chi connectivity index (χ1) is 11.7. The van der Waals surface area contributed by atoms with Crippen LogP contribution < -0.4 is 5.56 Å². The third-order valence-electron chi connectivity index (χ3n) is 3.21. The molecule has 0 saturated heterocycles. The lowest BCUT2D eigenvalue weighted by Crippen LogP contribution is -2.12. The predicted octanol–water partition coefficient (Wildman–Crippen LogP) is 3.24. The molecule has 1 aromatic carbocycles. The highest BCUT2D eigenvalue weighted by Gasteiger charge is 2.13. The molecule has 0 aliphatic rings. The van der Waals surface area contributed by atoms with Crippen molar-refractivity contribution in [1.29, 1.82) is 0 Å². The van der Waals surface area contributed by atoms with Crippen LogP contribution in [-0.2, 0) is 5.75 Å². The summed E-state index contributed by atoms with van der Waals surface area (Å²) in [7, 11) is 0. The summed E-state index contributed by atoms with van der Waals surface area (Å²) >= 11 is 2.64. The van der Waals surface area contributed by atoms with Gasteiger partial charge in [-0.15, -0.1) is 21.5 Å². The highest BCUT2D eigenvalue weighted by molar-refractivity contribution is 7.98. The van der Waals surface area contributed by atoms with Gasteiger partial charge in [0, 0.05) is 23.4 Å². The maximum absolute atomic E-state index is 13.7. The van der Waals surface area contributed by atoms with Crippen molar-refractivity contribution in [3.8, 4) is 11.5 Å². The Morgan fingerprint density at radius 1 is 1.29 bits per heavy atom. The number of thiazole rings is 1. The molecule has 0 radical (unpaired) electrons. The lowest BCUT2D eigenvalue weighted by Gasteiger charge is -1.98. The van der Waals surface area contributed by atoms with Gasteiger partial charge in [-0.1, -0.05) is 23.9 Å². The van der Waals surface area contributed by atoms with Gasteiger partial charge in [0.2, 0.25) is 0 Å². The number of halogens is 1. The van der Waals surface area contributed by atoms with E-state index in [1.807, 2.05) is 0 Å². The summed E-state index contributed by atoms with van der Waals surface area (Å²) in [4.78, 5) is 17.0. The van der Waals surface area contributed by atoms with E-state index in [2.05, 4.69) is 15.2 Å². The standard InChI is InChI=1S/C15H9FN4O2S2/c16-11-4-2-1-3-10(11)13-18-19-15(22-13)24-8-9-7-12(21)20-5-6-23-14(20)17-9/h1-7H,8H2. The Kier molecular flexibility index (Phi) is 3.87. The highest BCUT2D eigenvalue weighted by atomic mass is 32.2. The number of hydrogen-bond acceptors (Lipinski definition) is 7. The molecule has 120 valence electrons. The molecule has 3 heterocycles. The van der Waals surface area contributed by atoms with Crippen molar-refractivity contribution in [3.63, 3.8) is 0 Å². The van der Waals surface area contributed by atoms with Crippen molar-refractivity contribution in [1.82, 2.24) is 19.6 Å². The molecule has 0 saturated carbocycles. The highest BCUT2D eigenvalue weighted by Crippen LogP contribution is 2.26. The van der Waals surface area contributed by atoms with Crippen molar-refractivity contribution < 1.29 is 8.81 Å². The molecule has 4 aromatic rings. The lowest BCUT2D eigenvalue weighted by molar-refractivity contribution is 0.462. The third kappa shape index (κ3) is 2.83. The monoisotopic (exact) mass is 360 g/mol. The van der Waals surface area contributed by atoms with Crippen LogP contribution in [0, 0.1) is 5.82 Å².